The minimum Gasteiger partial charge on any atom is -0.361 e. The Labute approximate surface area is 180 Å². The van der Waals surface area contributed by atoms with Gasteiger partial charge in [-0.15, -0.1) is 0 Å². The first-order valence-electron chi connectivity index (χ1n) is 10.3. The first kappa shape index (κ1) is 19.1. The van der Waals surface area contributed by atoms with Gasteiger partial charge in [0.25, 0.3) is 0 Å². The summed E-state index contributed by atoms with van der Waals surface area (Å²) >= 11 is 0. The molecule has 5 rings (SSSR count). The molecule has 0 aliphatic heterocycles. The van der Waals surface area contributed by atoms with E-state index in [4.69, 9.17) is 20.3 Å². The summed E-state index contributed by atoms with van der Waals surface area (Å²) in [6, 6.07) is 22.5. The van der Waals surface area contributed by atoms with E-state index in [1.807, 2.05) is 50.2 Å². The van der Waals surface area contributed by atoms with Crippen LogP contribution in [0.4, 0.5) is 0 Å². The normalized spacial score (nSPS) is 11.3. The van der Waals surface area contributed by atoms with Crippen molar-refractivity contribution in [1.82, 2.24) is 19.8 Å². The van der Waals surface area contributed by atoms with E-state index in [2.05, 4.69) is 35.5 Å². The summed E-state index contributed by atoms with van der Waals surface area (Å²) in [4.78, 5) is 9.72. The number of benzene rings is 2. The molecule has 0 amide bonds. The van der Waals surface area contributed by atoms with E-state index in [9.17, 15) is 0 Å². The van der Waals surface area contributed by atoms with Crippen LogP contribution in [0.15, 0.2) is 71.3 Å². The minimum atomic E-state index is 0.641. The average molecular weight is 409 g/mol. The number of hydrogen-bond acceptors (Lipinski definition) is 5. The molecule has 0 saturated carbocycles. The third-order valence-corrected chi connectivity index (χ3v) is 5.56. The molecule has 2 aromatic carbocycles. The second-order valence-corrected chi connectivity index (χ2v) is 7.75. The van der Waals surface area contributed by atoms with Crippen LogP contribution in [0.5, 0.6) is 0 Å². The molecule has 5 aromatic rings. The van der Waals surface area contributed by atoms with Gasteiger partial charge in [0.1, 0.15) is 17.1 Å². The van der Waals surface area contributed by atoms with Crippen LogP contribution in [-0.4, -0.2) is 19.8 Å². The molecule has 0 saturated heterocycles. The van der Waals surface area contributed by atoms with Gasteiger partial charge in [0.15, 0.2) is 5.65 Å². The van der Waals surface area contributed by atoms with Crippen LogP contribution >= 0.6 is 0 Å². The van der Waals surface area contributed by atoms with Crippen LogP contribution in [0.2, 0.25) is 0 Å². The fourth-order valence-corrected chi connectivity index (χ4v) is 4.02. The highest BCUT2D eigenvalue weighted by molar-refractivity contribution is 5.82. The fourth-order valence-electron chi connectivity index (χ4n) is 4.02. The summed E-state index contributed by atoms with van der Waals surface area (Å²) in [7, 11) is 0. The number of imidazole rings is 1. The molecule has 0 radical (unpaired) electrons. The highest BCUT2D eigenvalue weighted by Crippen LogP contribution is 2.33. The van der Waals surface area contributed by atoms with Crippen LogP contribution in [0, 0.1) is 13.8 Å². The van der Waals surface area contributed by atoms with Gasteiger partial charge in [-0.05, 0) is 31.0 Å². The van der Waals surface area contributed by atoms with Gasteiger partial charge in [0.05, 0.1) is 11.4 Å². The largest absolute Gasteiger partial charge is 0.361 e. The monoisotopic (exact) mass is 409 g/mol. The lowest BCUT2D eigenvalue weighted by atomic mass is 9.98. The van der Waals surface area contributed by atoms with Crippen molar-refractivity contribution in [2.24, 2.45) is 0 Å². The lowest BCUT2D eigenvalue weighted by Crippen LogP contribution is -2.13. The summed E-state index contributed by atoms with van der Waals surface area (Å²) in [6.45, 7) is 3.87. The Morgan fingerprint density at radius 3 is 2.13 bits per heavy atom. The van der Waals surface area contributed by atoms with Crippen molar-refractivity contribution in [2.75, 3.05) is 5.84 Å². The van der Waals surface area contributed by atoms with Gasteiger partial charge in [-0.2, -0.15) is 0 Å². The Morgan fingerprint density at radius 2 is 1.52 bits per heavy atom. The van der Waals surface area contributed by atoms with Crippen LogP contribution in [0.3, 0.4) is 0 Å². The maximum absolute atomic E-state index is 6.46. The Hall–Kier alpha value is -3.93. The van der Waals surface area contributed by atoms with E-state index in [1.54, 1.807) is 4.68 Å². The van der Waals surface area contributed by atoms with Crippen LogP contribution < -0.4 is 5.84 Å². The second-order valence-electron chi connectivity index (χ2n) is 7.75. The van der Waals surface area contributed by atoms with Crippen LogP contribution in [-0.2, 0) is 12.8 Å². The third kappa shape index (κ3) is 3.57. The zero-order valence-corrected chi connectivity index (χ0v) is 17.5. The zero-order chi connectivity index (χ0) is 21.4. The Kier molecular flexibility index (Phi) is 4.75. The van der Waals surface area contributed by atoms with E-state index in [0.717, 1.165) is 45.2 Å². The van der Waals surface area contributed by atoms with Crippen molar-refractivity contribution in [3.05, 3.63) is 101 Å². The predicted octanol–water partition coefficient (Wildman–Crippen LogP) is 4.60. The van der Waals surface area contributed by atoms with Gasteiger partial charge in [-0.25, -0.2) is 14.6 Å². The van der Waals surface area contributed by atoms with Crippen molar-refractivity contribution in [1.29, 1.82) is 0 Å². The van der Waals surface area contributed by atoms with Crippen molar-refractivity contribution in [2.45, 2.75) is 26.7 Å². The quantitative estimate of drug-likeness (QED) is 0.429. The standard InChI is InChI=1S/C25H23N5O/c1-16-24(17(2)31-29-16)20-15-22-25(27-21(20)13-18-9-5-3-6-10-18)28-23(30(22)26)14-19-11-7-4-8-12-19/h3-12,15H,13-14,26H2,1-2H3. The highest BCUT2D eigenvalue weighted by Gasteiger charge is 2.20. The maximum Gasteiger partial charge on any atom is 0.180 e. The van der Waals surface area contributed by atoms with Crippen molar-refractivity contribution in [3.8, 4) is 11.1 Å². The van der Waals surface area contributed by atoms with E-state index in [1.165, 1.54) is 5.56 Å². The van der Waals surface area contributed by atoms with Crippen molar-refractivity contribution < 1.29 is 4.52 Å². The van der Waals surface area contributed by atoms with E-state index in [-0.39, 0.29) is 0 Å². The van der Waals surface area contributed by atoms with Crippen molar-refractivity contribution in [3.63, 3.8) is 0 Å². The molecule has 0 aliphatic carbocycles. The first-order valence-corrected chi connectivity index (χ1v) is 10.3. The molecule has 0 spiro atoms. The molecule has 0 atom stereocenters. The van der Waals surface area contributed by atoms with Gasteiger partial charge < -0.3 is 10.4 Å². The maximum atomic E-state index is 6.46. The smallest absolute Gasteiger partial charge is 0.180 e. The molecule has 3 aromatic heterocycles. The predicted molar refractivity (Wildman–Crippen MR) is 121 cm³/mol. The van der Waals surface area contributed by atoms with E-state index < -0.39 is 0 Å². The molecule has 0 fully saturated rings. The molecule has 3 heterocycles. The minimum absolute atomic E-state index is 0.641. The van der Waals surface area contributed by atoms with Gasteiger partial charge >= 0.3 is 0 Å². The van der Waals surface area contributed by atoms with Gasteiger partial charge in [0.2, 0.25) is 0 Å². The Balaban J connectivity index is 1.67. The molecule has 6 heteroatoms. The Morgan fingerprint density at radius 1 is 0.871 bits per heavy atom. The van der Waals surface area contributed by atoms with Crippen LogP contribution in [0.25, 0.3) is 22.3 Å². The molecule has 0 aliphatic rings. The fraction of sp³-hybridized carbons (Fsp3) is 0.160. The third-order valence-electron chi connectivity index (χ3n) is 5.56. The number of rotatable bonds is 5. The number of nitrogens with two attached hydrogens (primary N) is 1. The number of aryl methyl sites for hydroxylation is 2. The molecule has 2 N–H and O–H groups in total. The molecule has 0 bridgehead atoms. The topological polar surface area (TPSA) is 82.8 Å². The van der Waals surface area contributed by atoms with Gasteiger partial charge in [0, 0.05) is 24.0 Å². The molecule has 6 nitrogen and oxygen atoms in total. The van der Waals surface area contributed by atoms with Gasteiger partial charge in [-0.3, -0.25) is 0 Å². The highest BCUT2D eigenvalue weighted by atomic mass is 16.5. The lowest BCUT2D eigenvalue weighted by Gasteiger charge is -2.10. The van der Waals surface area contributed by atoms with Crippen molar-refractivity contribution >= 4 is 11.2 Å². The number of pyridine rings is 1. The summed E-state index contributed by atoms with van der Waals surface area (Å²) < 4.78 is 7.09. The molecular formula is C25H23N5O. The molecule has 31 heavy (non-hydrogen) atoms. The zero-order valence-electron chi connectivity index (χ0n) is 17.5. The molecule has 154 valence electrons. The summed E-state index contributed by atoms with van der Waals surface area (Å²) in [5, 5.41) is 4.15. The molecule has 0 unspecified atom stereocenters. The van der Waals surface area contributed by atoms with Crippen LogP contribution in [0.1, 0.15) is 34.1 Å². The number of hydrogen-bond donors (Lipinski definition) is 1. The first-order chi connectivity index (χ1) is 15.1. The summed E-state index contributed by atoms with van der Waals surface area (Å²) in [5.41, 5.74) is 7.47. The number of fused-ring (bicyclic) bond motifs is 1. The number of nitrogen functional groups attached to an aromatic ring is 1. The Bertz CT molecular complexity index is 1330. The summed E-state index contributed by atoms with van der Waals surface area (Å²) in [5.74, 6) is 8.00. The van der Waals surface area contributed by atoms with Gasteiger partial charge in [-0.1, -0.05) is 65.8 Å². The number of nitrogens with zero attached hydrogens (tertiary/aromatic N) is 4. The average Bonchev–Trinajstić information content (AvgIpc) is 3.27. The van der Waals surface area contributed by atoms with E-state index in [0.29, 0.717) is 18.5 Å². The molecular weight excluding hydrogens is 386 g/mol. The SMILES string of the molecule is Cc1noc(C)c1-c1cc2c(nc1Cc1ccccc1)nc(Cc1ccccc1)n2N. The summed E-state index contributed by atoms with van der Waals surface area (Å²) in [6.07, 6.45) is 1.32. The number of aromatic nitrogens is 4. The van der Waals surface area contributed by atoms with E-state index >= 15 is 0 Å². The second kappa shape index (κ2) is 7.72. The lowest BCUT2D eigenvalue weighted by molar-refractivity contribution is 0.393.